The van der Waals surface area contributed by atoms with Gasteiger partial charge in [0.05, 0.1) is 17.1 Å². The molecule has 4 rings (SSSR count). The number of rotatable bonds is 6. The fraction of sp³-hybridized carbons (Fsp3) is 0.136. The van der Waals surface area contributed by atoms with Crippen molar-refractivity contribution in [2.45, 2.75) is 13.3 Å². The second-order valence-electron chi connectivity index (χ2n) is 6.42. The van der Waals surface area contributed by atoms with Crippen molar-refractivity contribution in [1.29, 1.82) is 0 Å². The Morgan fingerprint density at radius 2 is 2.00 bits per heavy atom. The molecule has 0 fully saturated rings. The maximum atomic E-state index is 13.5. The molecule has 0 saturated heterocycles. The molecule has 0 bridgehead atoms. The van der Waals surface area contributed by atoms with Crippen LogP contribution >= 0.6 is 11.6 Å². The van der Waals surface area contributed by atoms with E-state index in [0.717, 1.165) is 28.6 Å². The van der Waals surface area contributed by atoms with Gasteiger partial charge in [-0.1, -0.05) is 18.5 Å². The molecule has 146 valence electrons. The zero-order valence-corrected chi connectivity index (χ0v) is 16.4. The summed E-state index contributed by atoms with van der Waals surface area (Å²) < 4.78 is 19.3. The van der Waals surface area contributed by atoms with Crippen LogP contribution in [0.25, 0.3) is 22.3 Å². The van der Waals surface area contributed by atoms with Crippen LogP contribution in [0.15, 0.2) is 60.9 Å². The molecule has 0 aliphatic heterocycles. The molecule has 2 aromatic carbocycles. The Labute approximate surface area is 172 Å². The number of ether oxygens (including phenoxy) is 1. The predicted molar refractivity (Wildman–Crippen MR) is 113 cm³/mol. The molecule has 2 aromatic heterocycles. The minimum atomic E-state index is -0.476. The molecule has 0 atom stereocenters. The summed E-state index contributed by atoms with van der Waals surface area (Å²) in [5.74, 6) is 1.36. The Bertz CT molecular complexity index is 1150. The van der Waals surface area contributed by atoms with E-state index < -0.39 is 5.82 Å². The van der Waals surface area contributed by atoms with Crippen LogP contribution in [0.2, 0.25) is 5.02 Å². The fourth-order valence-electron chi connectivity index (χ4n) is 2.85. The number of hydrogen-bond donors (Lipinski definition) is 1. The van der Waals surface area contributed by atoms with Gasteiger partial charge in [0.2, 0.25) is 0 Å². The molecular weight excluding hydrogens is 391 g/mol. The van der Waals surface area contributed by atoms with Gasteiger partial charge in [0.25, 0.3) is 0 Å². The summed E-state index contributed by atoms with van der Waals surface area (Å²) >= 11 is 5.93. The number of hydrogen-bond acceptors (Lipinski definition) is 5. The highest BCUT2D eigenvalue weighted by molar-refractivity contribution is 6.31. The number of nitrogens with one attached hydrogen (secondary N) is 1. The quantitative estimate of drug-likeness (QED) is 0.423. The Balaban J connectivity index is 1.83. The molecule has 4 aromatic rings. The second kappa shape index (κ2) is 8.41. The number of benzene rings is 2. The van der Waals surface area contributed by atoms with Crippen molar-refractivity contribution in [2.75, 3.05) is 11.9 Å². The van der Waals surface area contributed by atoms with Gasteiger partial charge in [-0.05, 0) is 55.0 Å². The summed E-state index contributed by atoms with van der Waals surface area (Å²) in [6, 6.07) is 13.8. The first-order valence-electron chi connectivity index (χ1n) is 9.21. The minimum absolute atomic E-state index is 0.0350. The first-order valence-corrected chi connectivity index (χ1v) is 9.59. The van der Waals surface area contributed by atoms with Crippen LogP contribution < -0.4 is 10.1 Å². The topological polar surface area (TPSA) is 59.9 Å². The van der Waals surface area contributed by atoms with E-state index >= 15 is 0 Å². The molecular formula is C22H18ClFN4O. The van der Waals surface area contributed by atoms with Crippen LogP contribution in [0.5, 0.6) is 5.75 Å². The Morgan fingerprint density at radius 1 is 1.10 bits per heavy atom. The van der Waals surface area contributed by atoms with Crippen molar-refractivity contribution in [3.05, 3.63) is 71.8 Å². The first kappa shape index (κ1) is 19.1. The molecule has 0 spiro atoms. The monoisotopic (exact) mass is 408 g/mol. The summed E-state index contributed by atoms with van der Waals surface area (Å²) in [6.45, 7) is 2.67. The third-order valence-corrected chi connectivity index (χ3v) is 4.53. The molecule has 0 saturated carbocycles. The smallest absolute Gasteiger partial charge is 0.163 e. The van der Waals surface area contributed by atoms with Crippen molar-refractivity contribution >= 4 is 34.0 Å². The third kappa shape index (κ3) is 4.27. The molecule has 0 radical (unpaired) electrons. The van der Waals surface area contributed by atoms with Crippen LogP contribution in [-0.2, 0) is 0 Å². The highest BCUT2D eigenvalue weighted by Gasteiger charge is 2.12. The lowest BCUT2D eigenvalue weighted by Gasteiger charge is -2.13. The van der Waals surface area contributed by atoms with Gasteiger partial charge < -0.3 is 10.1 Å². The van der Waals surface area contributed by atoms with E-state index in [1.165, 1.54) is 12.1 Å². The van der Waals surface area contributed by atoms with Gasteiger partial charge in [0.1, 0.15) is 17.4 Å². The maximum Gasteiger partial charge on any atom is 0.163 e. The van der Waals surface area contributed by atoms with Crippen molar-refractivity contribution in [1.82, 2.24) is 15.0 Å². The number of anilines is 2. The highest BCUT2D eigenvalue weighted by atomic mass is 35.5. The zero-order chi connectivity index (χ0) is 20.2. The molecule has 7 heteroatoms. The minimum Gasteiger partial charge on any atom is -0.494 e. The summed E-state index contributed by atoms with van der Waals surface area (Å²) in [6.07, 6.45) is 4.31. The summed E-state index contributed by atoms with van der Waals surface area (Å²) in [4.78, 5) is 13.5. The maximum absolute atomic E-state index is 13.5. The van der Waals surface area contributed by atoms with Gasteiger partial charge in [0, 0.05) is 29.0 Å². The average Bonchev–Trinajstić information content (AvgIpc) is 2.75. The largest absolute Gasteiger partial charge is 0.494 e. The van der Waals surface area contributed by atoms with E-state index in [1.807, 2.05) is 30.3 Å². The van der Waals surface area contributed by atoms with Crippen LogP contribution in [0.4, 0.5) is 15.9 Å². The summed E-state index contributed by atoms with van der Waals surface area (Å²) in [5.41, 5.74) is 2.16. The van der Waals surface area contributed by atoms with E-state index in [2.05, 4.69) is 27.2 Å². The van der Waals surface area contributed by atoms with Crippen LogP contribution in [0.1, 0.15) is 13.3 Å². The van der Waals surface area contributed by atoms with E-state index in [9.17, 15) is 4.39 Å². The molecule has 0 amide bonds. The lowest BCUT2D eigenvalue weighted by atomic mass is 10.2. The van der Waals surface area contributed by atoms with Gasteiger partial charge in [-0.2, -0.15) is 0 Å². The molecule has 5 nitrogen and oxygen atoms in total. The third-order valence-electron chi connectivity index (χ3n) is 4.24. The first-order chi connectivity index (χ1) is 14.1. The highest BCUT2D eigenvalue weighted by Crippen LogP contribution is 2.31. The zero-order valence-electron chi connectivity index (χ0n) is 15.7. The SMILES string of the molecule is CCCOc1ccc2nc(-c3cccnc3)nc(Nc3ccc(F)c(Cl)c3)c2c1. The molecule has 29 heavy (non-hydrogen) atoms. The van der Waals surface area contributed by atoms with Crippen LogP contribution in [-0.4, -0.2) is 21.6 Å². The fourth-order valence-corrected chi connectivity index (χ4v) is 3.03. The van der Waals surface area contributed by atoms with Gasteiger partial charge >= 0.3 is 0 Å². The number of nitrogens with zero attached hydrogens (tertiary/aromatic N) is 3. The molecule has 2 heterocycles. The second-order valence-corrected chi connectivity index (χ2v) is 6.83. The number of aromatic nitrogens is 3. The van der Waals surface area contributed by atoms with Gasteiger partial charge in [0.15, 0.2) is 5.82 Å². The van der Waals surface area contributed by atoms with E-state index in [1.54, 1.807) is 18.5 Å². The predicted octanol–water partition coefficient (Wildman–Crippen LogP) is 6.02. The normalized spacial score (nSPS) is 10.9. The van der Waals surface area contributed by atoms with Gasteiger partial charge in [-0.25, -0.2) is 14.4 Å². The summed E-state index contributed by atoms with van der Waals surface area (Å²) in [5, 5.41) is 4.05. The van der Waals surface area contributed by atoms with Crippen LogP contribution in [0.3, 0.4) is 0 Å². The Kier molecular flexibility index (Phi) is 5.53. The standard InChI is InChI=1S/C22H18ClFN4O/c1-2-10-29-16-6-8-20-17(12-16)22(26-15-5-7-19(24)18(23)11-15)28-21(27-20)14-4-3-9-25-13-14/h3-9,11-13H,2,10H2,1H3,(H,26,27,28). The van der Waals surface area contributed by atoms with E-state index in [0.29, 0.717) is 23.9 Å². The van der Waals surface area contributed by atoms with E-state index in [4.69, 9.17) is 16.3 Å². The number of fused-ring (bicyclic) bond motifs is 1. The lowest BCUT2D eigenvalue weighted by Crippen LogP contribution is -2.01. The average molecular weight is 409 g/mol. The van der Waals surface area contributed by atoms with Crippen molar-refractivity contribution in [3.63, 3.8) is 0 Å². The van der Waals surface area contributed by atoms with Crippen molar-refractivity contribution < 1.29 is 9.13 Å². The summed E-state index contributed by atoms with van der Waals surface area (Å²) in [7, 11) is 0. The lowest BCUT2D eigenvalue weighted by molar-refractivity contribution is 0.318. The molecule has 0 unspecified atom stereocenters. The Hall–Kier alpha value is -3.25. The van der Waals surface area contributed by atoms with Crippen LogP contribution in [0, 0.1) is 5.82 Å². The molecule has 1 N–H and O–H groups in total. The van der Waals surface area contributed by atoms with Gasteiger partial charge in [-0.15, -0.1) is 0 Å². The van der Waals surface area contributed by atoms with Gasteiger partial charge in [-0.3, -0.25) is 4.98 Å². The molecule has 0 aliphatic rings. The van der Waals surface area contributed by atoms with E-state index in [-0.39, 0.29) is 5.02 Å². The number of halogens is 2. The molecule has 0 aliphatic carbocycles. The van der Waals surface area contributed by atoms with Crippen molar-refractivity contribution in [3.8, 4) is 17.1 Å². The Morgan fingerprint density at radius 3 is 2.76 bits per heavy atom. The number of pyridine rings is 1. The van der Waals surface area contributed by atoms with Crippen molar-refractivity contribution in [2.24, 2.45) is 0 Å².